The Bertz CT molecular complexity index is 391. The molecule has 0 aliphatic heterocycles. The van der Waals surface area contributed by atoms with Crippen LogP contribution in [0.5, 0.6) is 0 Å². The minimum Gasteiger partial charge on any atom is -0.371 e. The summed E-state index contributed by atoms with van der Waals surface area (Å²) in [5.41, 5.74) is -0.771. The van der Waals surface area contributed by atoms with Crippen LogP contribution in [0, 0.1) is 0 Å². The van der Waals surface area contributed by atoms with Crippen molar-refractivity contribution in [1.29, 1.82) is 0 Å². The van der Waals surface area contributed by atoms with E-state index in [2.05, 4.69) is 10.3 Å². The van der Waals surface area contributed by atoms with Crippen LogP contribution in [-0.4, -0.2) is 16.1 Å². The zero-order valence-corrected chi connectivity index (χ0v) is 7.76. The van der Waals surface area contributed by atoms with E-state index in [1.807, 2.05) is 6.92 Å². The largest absolute Gasteiger partial charge is 0.371 e. The van der Waals surface area contributed by atoms with Crippen LogP contribution in [0.15, 0.2) is 15.7 Å². The molecular formula is C8H13N3O2. The van der Waals surface area contributed by atoms with Gasteiger partial charge >= 0.3 is 5.69 Å². The van der Waals surface area contributed by atoms with Gasteiger partial charge in [0.05, 0.1) is 0 Å². The number of aromatic nitrogens is 2. The molecule has 5 nitrogen and oxygen atoms in total. The Hall–Kier alpha value is -1.52. The van der Waals surface area contributed by atoms with E-state index >= 15 is 0 Å². The molecule has 13 heavy (non-hydrogen) atoms. The Morgan fingerprint density at radius 3 is 2.85 bits per heavy atom. The third-order valence-electron chi connectivity index (χ3n) is 1.72. The summed E-state index contributed by atoms with van der Waals surface area (Å²) in [6.45, 7) is 2.76. The van der Waals surface area contributed by atoms with Gasteiger partial charge in [-0.3, -0.25) is 14.3 Å². The fourth-order valence-electron chi connectivity index (χ4n) is 0.978. The molecule has 0 aromatic carbocycles. The van der Waals surface area contributed by atoms with Gasteiger partial charge in [0.2, 0.25) is 0 Å². The Morgan fingerprint density at radius 2 is 2.23 bits per heavy atom. The van der Waals surface area contributed by atoms with Crippen LogP contribution in [0.3, 0.4) is 0 Å². The number of rotatable bonds is 3. The summed E-state index contributed by atoms with van der Waals surface area (Å²) in [6.07, 6.45) is 0.945. The van der Waals surface area contributed by atoms with E-state index in [9.17, 15) is 9.59 Å². The van der Waals surface area contributed by atoms with Gasteiger partial charge in [-0.1, -0.05) is 6.92 Å². The first-order valence-electron chi connectivity index (χ1n) is 4.19. The average Bonchev–Trinajstić information content (AvgIpc) is 2.09. The second-order valence-electron chi connectivity index (χ2n) is 2.81. The van der Waals surface area contributed by atoms with Crippen molar-refractivity contribution in [3.05, 3.63) is 26.9 Å². The highest BCUT2D eigenvalue weighted by molar-refractivity contribution is 5.33. The highest BCUT2D eigenvalue weighted by atomic mass is 16.2. The standard InChI is InChI=1S/C8H13N3O2/c1-3-4-9-6-5-7(12)10-8(13)11(6)2/h5,9H,3-4H2,1-2H3,(H,10,12,13). The number of aromatic amines is 1. The number of H-pyrrole nitrogens is 1. The summed E-state index contributed by atoms with van der Waals surface area (Å²) in [6, 6.07) is 1.37. The lowest BCUT2D eigenvalue weighted by molar-refractivity contribution is 0.795. The monoisotopic (exact) mass is 183 g/mol. The number of nitrogens with zero attached hydrogens (tertiary/aromatic N) is 1. The molecule has 0 fully saturated rings. The van der Waals surface area contributed by atoms with Gasteiger partial charge in [0.25, 0.3) is 5.56 Å². The summed E-state index contributed by atoms with van der Waals surface area (Å²) in [4.78, 5) is 24.2. The minimum atomic E-state index is -0.397. The summed E-state index contributed by atoms with van der Waals surface area (Å²) >= 11 is 0. The van der Waals surface area contributed by atoms with Crippen molar-refractivity contribution in [2.45, 2.75) is 13.3 Å². The summed E-state index contributed by atoms with van der Waals surface area (Å²) < 4.78 is 1.37. The van der Waals surface area contributed by atoms with Crippen LogP contribution in [0.25, 0.3) is 0 Å². The zero-order chi connectivity index (χ0) is 9.84. The minimum absolute atomic E-state index is 0.373. The molecule has 0 amide bonds. The molecule has 0 radical (unpaired) electrons. The Labute approximate surface area is 75.4 Å². The molecule has 0 bridgehead atoms. The Balaban J connectivity index is 3.06. The molecule has 0 aliphatic rings. The smallest absolute Gasteiger partial charge is 0.329 e. The van der Waals surface area contributed by atoms with Gasteiger partial charge in [-0.25, -0.2) is 4.79 Å². The van der Waals surface area contributed by atoms with Crippen LogP contribution < -0.4 is 16.6 Å². The molecule has 2 N–H and O–H groups in total. The van der Waals surface area contributed by atoms with Gasteiger partial charge in [-0.15, -0.1) is 0 Å². The molecule has 0 saturated heterocycles. The van der Waals surface area contributed by atoms with Gasteiger partial charge in [-0.05, 0) is 6.42 Å². The lowest BCUT2D eigenvalue weighted by Crippen LogP contribution is -2.29. The molecule has 0 spiro atoms. The molecule has 72 valence electrons. The van der Waals surface area contributed by atoms with Gasteiger partial charge in [0.1, 0.15) is 5.82 Å². The van der Waals surface area contributed by atoms with E-state index in [0.717, 1.165) is 13.0 Å². The summed E-state index contributed by atoms with van der Waals surface area (Å²) in [5, 5.41) is 2.99. The Kier molecular flexibility index (Phi) is 2.89. The van der Waals surface area contributed by atoms with Crippen molar-refractivity contribution < 1.29 is 0 Å². The van der Waals surface area contributed by atoms with Crippen molar-refractivity contribution >= 4 is 5.82 Å². The van der Waals surface area contributed by atoms with E-state index in [1.165, 1.54) is 10.6 Å². The molecule has 0 atom stereocenters. The van der Waals surface area contributed by atoms with E-state index < -0.39 is 5.69 Å². The maximum absolute atomic E-state index is 11.1. The molecule has 1 rings (SSSR count). The summed E-state index contributed by atoms with van der Waals surface area (Å²) in [7, 11) is 1.61. The van der Waals surface area contributed by atoms with Gasteiger partial charge < -0.3 is 5.32 Å². The van der Waals surface area contributed by atoms with Crippen molar-refractivity contribution in [3.8, 4) is 0 Å². The predicted molar refractivity (Wildman–Crippen MR) is 51.1 cm³/mol. The fourth-order valence-corrected chi connectivity index (χ4v) is 0.978. The molecule has 0 aliphatic carbocycles. The fraction of sp³-hybridized carbons (Fsp3) is 0.500. The topological polar surface area (TPSA) is 66.9 Å². The lowest BCUT2D eigenvalue weighted by atomic mass is 10.4. The second kappa shape index (κ2) is 3.93. The molecule has 0 unspecified atom stereocenters. The third kappa shape index (κ3) is 2.21. The van der Waals surface area contributed by atoms with Gasteiger partial charge in [0.15, 0.2) is 0 Å². The number of hydrogen-bond acceptors (Lipinski definition) is 3. The number of nitrogens with one attached hydrogen (secondary N) is 2. The van der Waals surface area contributed by atoms with E-state index in [4.69, 9.17) is 0 Å². The molecule has 1 heterocycles. The van der Waals surface area contributed by atoms with Crippen molar-refractivity contribution in [3.63, 3.8) is 0 Å². The van der Waals surface area contributed by atoms with E-state index in [0.29, 0.717) is 5.82 Å². The third-order valence-corrected chi connectivity index (χ3v) is 1.72. The van der Waals surface area contributed by atoms with Crippen LogP contribution in [-0.2, 0) is 7.05 Å². The van der Waals surface area contributed by atoms with Crippen molar-refractivity contribution in [2.75, 3.05) is 11.9 Å². The lowest BCUT2D eigenvalue weighted by Gasteiger charge is -2.07. The van der Waals surface area contributed by atoms with Gasteiger partial charge in [-0.2, -0.15) is 0 Å². The van der Waals surface area contributed by atoms with Crippen LogP contribution in [0.1, 0.15) is 13.3 Å². The molecule has 0 saturated carbocycles. The van der Waals surface area contributed by atoms with Crippen LogP contribution >= 0.6 is 0 Å². The normalized spacial score (nSPS) is 10.0. The maximum Gasteiger partial charge on any atom is 0.329 e. The van der Waals surface area contributed by atoms with Crippen LogP contribution in [0.2, 0.25) is 0 Å². The van der Waals surface area contributed by atoms with Crippen molar-refractivity contribution in [2.24, 2.45) is 7.05 Å². The zero-order valence-electron chi connectivity index (χ0n) is 7.76. The molecule has 1 aromatic rings. The second-order valence-corrected chi connectivity index (χ2v) is 2.81. The first kappa shape index (κ1) is 9.57. The van der Waals surface area contributed by atoms with Crippen molar-refractivity contribution in [1.82, 2.24) is 9.55 Å². The molecule has 1 aromatic heterocycles. The predicted octanol–water partition coefficient (Wildman–Crippen LogP) is -0.105. The first-order valence-corrected chi connectivity index (χ1v) is 4.19. The number of hydrogen-bond donors (Lipinski definition) is 2. The Morgan fingerprint density at radius 1 is 1.54 bits per heavy atom. The average molecular weight is 183 g/mol. The van der Waals surface area contributed by atoms with Gasteiger partial charge in [0, 0.05) is 19.7 Å². The highest BCUT2D eigenvalue weighted by Gasteiger charge is 1.99. The van der Waals surface area contributed by atoms with Crippen LogP contribution in [0.4, 0.5) is 5.82 Å². The quantitative estimate of drug-likeness (QED) is 0.687. The van der Waals surface area contributed by atoms with E-state index in [1.54, 1.807) is 7.05 Å². The van der Waals surface area contributed by atoms with E-state index in [-0.39, 0.29) is 5.56 Å². The SMILES string of the molecule is CCCNc1cc(=O)[nH]c(=O)n1C. The first-order chi connectivity index (χ1) is 6.15. The molecule has 5 heteroatoms. The highest BCUT2D eigenvalue weighted by Crippen LogP contribution is 1.96. The summed E-state index contributed by atoms with van der Waals surface area (Å²) in [5.74, 6) is 0.551. The molecular weight excluding hydrogens is 170 g/mol. The number of anilines is 1. The maximum atomic E-state index is 11.1.